The molecule has 1 N–H and O–H groups in total. The third-order valence-corrected chi connectivity index (χ3v) is 4.32. The van der Waals surface area contributed by atoms with Crippen LogP contribution in [0.5, 0.6) is 5.75 Å². The quantitative estimate of drug-likeness (QED) is 0.780. The summed E-state index contributed by atoms with van der Waals surface area (Å²) >= 11 is 0. The van der Waals surface area contributed by atoms with Gasteiger partial charge >= 0.3 is 0 Å². The third-order valence-electron chi connectivity index (χ3n) is 4.32. The van der Waals surface area contributed by atoms with E-state index in [4.69, 9.17) is 14.5 Å². The Balaban J connectivity index is 1.87. The molecule has 0 amide bonds. The molecule has 2 aromatic heterocycles. The Hall–Kier alpha value is -2.64. The summed E-state index contributed by atoms with van der Waals surface area (Å²) in [5.74, 6) is 1.64. The van der Waals surface area contributed by atoms with Crippen LogP contribution in [0.3, 0.4) is 0 Å². The second-order valence-corrected chi connectivity index (χ2v) is 5.90. The Morgan fingerprint density at radius 2 is 2.08 bits per heavy atom. The second-order valence-electron chi connectivity index (χ2n) is 5.90. The lowest BCUT2D eigenvalue weighted by Gasteiger charge is -2.28. The fourth-order valence-electron chi connectivity index (χ4n) is 3.03. The molecule has 25 heavy (non-hydrogen) atoms. The van der Waals surface area contributed by atoms with Crippen molar-refractivity contribution in [2.75, 3.05) is 38.3 Å². The minimum Gasteiger partial charge on any atom is -0.497 e. The number of aliphatic hydroxyl groups is 1. The molecule has 7 heteroatoms. The molecular formula is C18H20N4O3. The average Bonchev–Trinajstić information content (AvgIpc) is 3.11. The second kappa shape index (κ2) is 6.70. The molecular weight excluding hydrogens is 320 g/mol. The number of rotatable bonds is 4. The van der Waals surface area contributed by atoms with Crippen molar-refractivity contribution in [3.63, 3.8) is 0 Å². The number of anilines is 1. The van der Waals surface area contributed by atoms with Gasteiger partial charge in [-0.1, -0.05) is 12.1 Å². The zero-order valence-electron chi connectivity index (χ0n) is 14.1. The highest BCUT2D eigenvalue weighted by Crippen LogP contribution is 2.28. The van der Waals surface area contributed by atoms with Gasteiger partial charge in [0.15, 0.2) is 5.82 Å². The zero-order chi connectivity index (χ0) is 17.2. The van der Waals surface area contributed by atoms with Gasteiger partial charge < -0.3 is 19.5 Å². The van der Waals surface area contributed by atoms with Crippen molar-refractivity contribution < 1.29 is 14.6 Å². The van der Waals surface area contributed by atoms with E-state index in [0.717, 1.165) is 41.4 Å². The highest BCUT2D eigenvalue weighted by molar-refractivity contribution is 5.74. The number of hydrogen-bond donors (Lipinski definition) is 1. The van der Waals surface area contributed by atoms with Gasteiger partial charge in [0.1, 0.15) is 11.3 Å². The lowest BCUT2D eigenvalue weighted by Crippen LogP contribution is -2.37. The van der Waals surface area contributed by atoms with E-state index >= 15 is 0 Å². The Bertz CT molecular complexity index is 887. The molecule has 0 spiro atoms. The molecule has 3 heterocycles. The largest absolute Gasteiger partial charge is 0.497 e. The standard InChI is InChI=1S/C18H20N4O3/c1-24-15-4-2-3-13(9-15)16-11-22-17(10-14(12-23)20-22)18(19-16)21-5-7-25-8-6-21/h2-4,9-11,23H,5-8,12H2,1H3. The Morgan fingerprint density at radius 1 is 1.24 bits per heavy atom. The highest BCUT2D eigenvalue weighted by atomic mass is 16.5. The minimum absolute atomic E-state index is 0.0985. The maximum absolute atomic E-state index is 9.45. The molecule has 1 fully saturated rings. The summed E-state index contributed by atoms with van der Waals surface area (Å²) in [5, 5.41) is 13.9. The first-order chi connectivity index (χ1) is 12.3. The summed E-state index contributed by atoms with van der Waals surface area (Å²) in [6, 6.07) is 9.68. The number of aliphatic hydroxyl groups excluding tert-OH is 1. The topological polar surface area (TPSA) is 72.1 Å². The number of methoxy groups -OCH3 is 1. The van der Waals surface area contributed by atoms with Crippen molar-refractivity contribution in [2.24, 2.45) is 0 Å². The Kier molecular flexibility index (Phi) is 4.25. The first-order valence-electron chi connectivity index (χ1n) is 8.26. The smallest absolute Gasteiger partial charge is 0.155 e. The van der Waals surface area contributed by atoms with E-state index in [2.05, 4.69) is 10.00 Å². The molecule has 130 valence electrons. The molecule has 3 aromatic rings. The average molecular weight is 340 g/mol. The molecule has 4 rings (SSSR count). The molecule has 0 aliphatic carbocycles. The summed E-state index contributed by atoms with van der Waals surface area (Å²) < 4.78 is 12.6. The Labute approximate surface area is 145 Å². The summed E-state index contributed by atoms with van der Waals surface area (Å²) in [7, 11) is 1.65. The number of hydrogen-bond acceptors (Lipinski definition) is 6. The predicted octanol–water partition coefficient (Wildman–Crippen LogP) is 1.73. The maximum Gasteiger partial charge on any atom is 0.155 e. The molecule has 1 aliphatic rings. The van der Waals surface area contributed by atoms with Crippen LogP contribution < -0.4 is 9.64 Å². The molecule has 1 saturated heterocycles. The SMILES string of the molecule is COc1cccc(-c2cn3nc(CO)cc3c(N3CCOCC3)n2)c1. The van der Waals surface area contributed by atoms with E-state index in [1.54, 1.807) is 11.6 Å². The van der Waals surface area contributed by atoms with Gasteiger partial charge in [0, 0.05) is 18.7 Å². The van der Waals surface area contributed by atoms with Gasteiger partial charge in [-0.2, -0.15) is 5.10 Å². The molecule has 1 aliphatic heterocycles. The molecule has 0 bridgehead atoms. The van der Waals surface area contributed by atoms with Crippen LogP contribution in [0.1, 0.15) is 5.69 Å². The van der Waals surface area contributed by atoms with Crippen LogP contribution in [-0.2, 0) is 11.3 Å². The number of aromatic nitrogens is 3. The first kappa shape index (κ1) is 15.9. The van der Waals surface area contributed by atoms with Crippen LogP contribution in [0.2, 0.25) is 0 Å². The molecule has 0 saturated carbocycles. The van der Waals surface area contributed by atoms with Crippen LogP contribution >= 0.6 is 0 Å². The van der Waals surface area contributed by atoms with E-state index in [-0.39, 0.29) is 6.61 Å². The zero-order valence-corrected chi connectivity index (χ0v) is 14.1. The van der Waals surface area contributed by atoms with Crippen molar-refractivity contribution in [3.8, 4) is 17.0 Å². The van der Waals surface area contributed by atoms with Crippen LogP contribution in [0.25, 0.3) is 16.8 Å². The van der Waals surface area contributed by atoms with Crippen molar-refractivity contribution in [1.29, 1.82) is 0 Å². The molecule has 1 aromatic carbocycles. The van der Waals surface area contributed by atoms with Crippen molar-refractivity contribution >= 4 is 11.3 Å². The van der Waals surface area contributed by atoms with Gasteiger partial charge in [0.05, 0.1) is 44.5 Å². The van der Waals surface area contributed by atoms with Gasteiger partial charge in [-0.25, -0.2) is 9.50 Å². The number of benzene rings is 1. The van der Waals surface area contributed by atoms with E-state index < -0.39 is 0 Å². The van der Waals surface area contributed by atoms with Crippen molar-refractivity contribution in [1.82, 2.24) is 14.6 Å². The number of ether oxygens (including phenoxy) is 2. The highest BCUT2D eigenvalue weighted by Gasteiger charge is 2.19. The maximum atomic E-state index is 9.45. The lowest BCUT2D eigenvalue weighted by molar-refractivity contribution is 0.122. The van der Waals surface area contributed by atoms with Crippen molar-refractivity contribution in [2.45, 2.75) is 6.61 Å². The van der Waals surface area contributed by atoms with Crippen LogP contribution in [-0.4, -0.2) is 53.1 Å². The summed E-state index contributed by atoms with van der Waals surface area (Å²) in [4.78, 5) is 7.09. The third kappa shape index (κ3) is 3.04. The summed E-state index contributed by atoms with van der Waals surface area (Å²) in [6.07, 6.45) is 1.88. The monoisotopic (exact) mass is 340 g/mol. The van der Waals surface area contributed by atoms with Gasteiger partial charge in [-0.3, -0.25) is 0 Å². The minimum atomic E-state index is -0.0985. The number of fused-ring (bicyclic) bond motifs is 1. The normalized spacial score (nSPS) is 14.9. The molecule has 0 atom stereocenters. The fourth-order valence-corrected chi connectivity index (χ4v) is 3.03. The number of morpholine rings is 1. The van der Waals surface area contributed by atoms with Gasteiger partial charge in [-0.15, -0.1) is 0 Å². The first-order valence-corrected chi connectivity index (χ1v) is 8.26. The number of nitrogens with zero attached hydrogens (tertiary/aromatic N) is 4. The summed E-state index contributed by atoms with van der Waals surface area (Å²) in [6.45, 7) is 2.82. The van der Waals surface area contributed by atoms with Gasteiger partial charge in [-0.05, 0) is 18.2 Å². The van der Waals surface area contributed by atoms with E-state index in [1.807, 2.05) is 36.5 Å². The van der Waals surface area contributed by atoms with E-state index in [9.17, 15) is 5.11 Å². The molecule has 7 nitrogen and oxygen atoms in total. The summed E-state index contributed by atoms with van der Waals surface area (Å²) in [5.41, 5.74) is 3.27. The Morgan fingerprint density at radius 3 is 2.84 bits per heavy atom. The van der Waals surface area contributed by atoms with Crippen LogP contribution in [0, 0.1) is 0 Å². The molecule has 0 radical (unpaired) electrons. The fraction of sp³-hybridized carbons (Fsp3) is 0.333. The lowest BCUT2D eigenvalue weighted by atomic mass is 10.1. The van der Waals surface area contributed by atoms with Crippen LogP contribution in [0.4, 0.5) is 5.82 Å². The molecule has 0 unspecified atom stereocenters. The predicted molar refractivity (Wildman–Crippen MR) is 93.9 cm³/mol. The van der Waals surface area contributed by atoms with Crippen molar-refractivity contribution in [3.05, 3.63) is 42.2 Å². The van der Waals surface area contributed by atoms with E-state index in [1.165, 1.54) is 0 Å². The van der Waals surface area contributed by atoms with Crippen LogP contribution in [0.15, 0.2) is 36.5 Å². The van der Waals surface area contributed by atoms with Gasteiger partial charge in [0.25, 0.3) is 0 Å². The van der Waals surface area contributed by atoms with E-state index in [0.29, 0.717) is 18.9 Å². The van der Waals surface area contributed by atoms with Gasteiger partial charge in [0.2, 0.25) is 0 Å².